The van der Waals surface area contributed by atoms with Crippen LogP contribution in [0.1, 0.15) is 32.6 Å². The fourth-order valence-corrected chi connectivity index (χ4v) is 2.88. The monoisotopic (exact) mass is 240 g/mol. The van der Waals surface area contributed by atoms with Crippen molar-refractivity contribution in [3.8, 4) is 0 Å². The van der Waals surface area contributed by atoms with Crippen LogP contribution in [-0.4, -0.2) is 49.7 Å². The predicted octanol–water partition coefficient (Wildman–Crippen LogP) is 1.01. The first-order chi connectivity index (χ1) is 8.31. The summed E-state index contributed by atoms with van der Waals surface area (Å²) in [7, 11) is 0. The Hall–Kier alpha value is -0.610. The summed E-state index contributed by atoms with van der Waals surface area (Å²) in [4.78, 5) is 14.0. The molecule has 2 rings (SSSR count). The van der Waals surface area contributed by atoms with Gasteiger partial charge in [-0.3, -0.25) is 4.79 Å². The Labute approximate surface area is 104 Å². The molecule has 0 bridgehead atoms. The van der Waals surface area contributed by atoms with Crippen LogP contribution in [0, 0.1) is 5.92 Å². The van der Waals surface area contributed by atoms with Crippen molar-refractivity contribution in [1.29, 1.82) is 0 Å². The summed E-state index contributed by atoms with van der Waals surface area (Å²) >= 11 is 0. The standard InChI is InChI=1S/C13H24N2O2/c1-2-17-8-4-6-13(16)15-9-11-5-3-7-14-12(11)10-15/h11-12,14H,2-10H2,1H3. The maximum atomic E-state index is 12.0. The largest absolute Gasteiger partial charge is 0.382 e. The van der Waals surface area contributed by atoms with E-state index in [0.29, 0.717) is 30.9 Å². The van der Waals surface area contributed by atoms with E-state index >= 15 is 0 Å². The van der Waals surface area contributed by atoms with E-state index < -0.39 is 0 Å². The number of carbonyl (C=O) groups is 1. The molecule has 2 fully saturated rings. The van der Waals surface area contributed by atoms with Gasteiger partial charge in [-0.1, -0.05) is 0 Å². The highest BCUT2D eigenvalue weighted by molar-refractivity contribution is 5.76. The molecular formula is C13H24N2O2. The molecule has 98 valence electrons. The third-order valence-corrected chi connectivity index (χ3v) is 3.84. The molecule has 0 aromatic rings. The van der Waals surface area contributed by atoms with Gasteiger partial charge in [-0.25, -0.2) is 0 Å². The molecule has 0 spiro atoms. The lowest BCUT2D eigenvalue weighted by Crippen LogP contribution is -2.41. The first-order valence-corrected chi connectivity index (χ1v) is 6.90. The summed E-state index contributed by atoms with van der Waals surface area (Å²) < 4.78 is 5.26. The van der Waals surface area contributed by atoms with Gasteiger partial charge >= 0.3 is 0 Å². The van der Waals surface area contributed by atoms with Crippen LogP contribution in [-0.2, 0) is 9.53 Å². The molecule has 0 aliphatic carbocycles. The number of likely N-dealkylation sites (tertiary alicyclic amines) is 1. The molecule has 0 saturated carbocycles. The average molecular weight is 240 g/mol. The smallest absolute Gasteiger partial charge is 0.222 e. The van der Waals surface area contributed by atoms with Crippen molar-refractivity contribution in [2.24, 2.45) is 5.92 Å². The van der Waals surface area contributed by atoms with E-state index in [1.165, 1.54) is 12.8 Å². The van der Waals surface area contributed by atoms with Crippen LogP contribution >= 0.6 is 0 Å². The predicted molar refractivity (Wildman–Crippen MR) is 66.8 cm³/mol. The zero-order valence-corrected chi connectivity index (χ0v) is 10.8. The van der Waals surface area contributed by atoms with Gasteiger partial charge in [0.25, 0.3) is 0 Å². The number of amides is 1. The van der Waals surface area contributed by atoms with E-state index in [9.17, 15) is 4.79 Å². The molecule has 4 nitrogen and oxygen atoms in total. The highest BCUT2D eigenvalue weighted by Crippen LogP contribution is 2.25. The molecule has 4 heteroatoms. The zero-order chi connectivity index (χ0) is 12.1. The Morgan fingerprint density at radius 1 is 1.47 bits per heavy atom. The Balaban J connectivity index is 1.70. The number of hydrogen-bond acceptors (Lipinski definition) is 3. The van der Waals surface area contributed by atoms with Gasteiger partial charge < -0.3 is 15.0 Å². The molecule has 2 heterocycles. The lowest BCUT2D eigenvalue weighted by atomic mass is 9.94. The molecule has 2 unspecified atom stereocenters. The maximum Gasteiger partial charge on any atom is 0.222 e. The summed E-state index contributed by atoms with van der Waals surface area (Å²) in [6, 6.07) is 0.555. The van der Waals surface area contributed by atoms with Crippen LogP contribution in [0.15, 0.2) is 0 Å². The minimum absolute atomic E-state index is 0.306. The molecule has 1 N–H and O–H groups in total. The first kappa shape index (κ1) is 12.8. The highest BCUT2D eigenvalue weighted by atomic mass is 16.5. The van der Waals surface area contributed by atoms with Crippen LogP contribution in [0.25, 0.3) is 0 Å². The van der Waals surface area contributed by atoms with Gasteiger partial charge in [0.15, 0.2) is 0 Å². The summed E-state index contributed by atoms with van der Waals surface area (Å²) in [6.45, 7) is 6.43. The topological polar surface area (TPSA) is 41.6 Å². The van der Waals surface area contributed by atoms with Gasteiger partial charge in [-0.2, -0.15) is 0 Å². The SMILES string of the molecule is CCOCCCC(=O)N1CC2CCCNC2C1. The third kappa shape index (κ3) is 3.42. The van der Waals surface area contributed by atoms with E-state index in [0.717, 1.165) is 32.7 Å². The second kappa shape index (κ2) is 6.36. The number of fused-ring (bicyclic) bond motifs is 1. The van der Waals surface area contributed by atoms with Gasteiger partial charge in [0.1, 0.15) is 0 Å². The van der Waals surface area contributed by atoms with Crippen molar-refractivity contribution >= 4 is 5.91 Å². The molecule has 0 aromatic heterocycles. The van der Waals surface area contributed by atoms with Crippen molar-refractivity contribution in [3.05, 3.63) is 0 Å². The molecule has 2 aliphatic rings. The molecule has 2 saturated heterocycles. The number of ether oxygens (including phenoxy) is 1. The lowest BCUT2D eigenvalue weighted by Gasteiger charge is -2.24. The van der Waals surface area contributed by atoms with E-state index in [1.54, 1.807) is 0 Å². The first-order valence-electron chi connectivity index (χ1n) is 6.90. The van der Waals surface area contributed by atoms with Gasteiger partial charge in [0.2, 0.25) is 5.91 Å². The minimum Gasteiger partial charge on any atom is -0.382 e. The Kier molecular flexibility index (Phi) is 4.80. The number of nitrogens with zero attached hydrogens (tertiary/aromatic N) is 1. The quantitative estimate of drug-likeness (QED) is 0.729. The van der Waals surface area contributed by atoms with Gasteiger partial charge in [0.05, 0.1) is 0 Å². The van der Waals surface area contributed by atoms with E-state index in [-0.39, 0.29) is 0 Å². The summed E-state index contributed by atoms with van der Waals surface area (Å²) in [5.74, 6) is 1.00. The van der Waals surface area contributed by atoms with Crippen LogP contribution in [0.3, 0.4) is 0 Å². The fourth-order valence-electron chi connectivity index (χ4n) is 2.88. The van der Waals surface area contributed by atoms with Crippen molar-refractivity contribution in [2.75, 3.05) is 32.8 Å². The number of hydrogen-bond donors (Lipinski definition) is 1. The second-order valence-electron chi connectivity index (χ2n) is 5.06. The molecule has 17 heavy (non-hydrogen) atoms. The van der Waals surface area contributed by atoms with E-state index in [2.05, 4.69) is 5.32 Å². The van der Waals surface area contributed by atoms with Crippen molar-refractivity contribution < 1.29 is 9.53 Å². The van der Waals surface area contributed by atoms with Crippen molar-refractivity contribution in [1.82, 2.24) is 10.2 Å². The zero-order valence-electron chi connectivity index (χ0n) is 10.8. The van der Waals surface area contributed by atoms with Crippen LogP contribution < -0.4 is 5.32 Å². The van der Waals surface area contributed by atoms with E-state index in [4.69, 9.17) is 4.74 Å². The van der Waals surface area contributed by atoms with Crippen molar-refractivity contribution in [2.45, 2.75) is 38.6 Å². The van der Waals surface area contributed by atoms with Crippen LogP contribution in [0.5, 0.6) is 0 Å². The molecule has 0 aromatic carbocycles. The van der Waals surface area contributed by atoms with Crippen molar-refractivity contribution in [3.63, 3.8) is 0 Å². The summed E-state index contributed by atoms with van der Waals surface area (Å²) in [5.41, 5.74) is 0. The molecule has 2 aliphatic heterocycles. The van der Waals surface area contributed by atoms with Gasteiger partial charge in [-0.15, -0.1) is 0 Å². The average Bonchev–Trinajstić information content (AvgIpc) is 2.78. The summed E-state index contributed by atoms with van der Waals surface area (Å²) in [5, 5.41) is 3.52. The normalized spacial score (nSPS) is 28.2. The third-order valence-electron chi connectivity index (χ3n) is 3.84. The molecule has 0 radical (unpaired) electrons. The number of rotatable bonds is 5. The van der Waals surface area contributed by atoms with Crippen LogP contribution in [0.2, 0.25) is 0 Å². The fraction of sp³-hybridized carbons (Fsp3) is 0.923. The Morgan fingerprint density at radius 2 is 2.35 bits per heavy atom. The molecule has 1 amide bonds. The molecular weight excluding hydrogens is 216 g/mol. The number of piperidine rings is 1. The minimum atomic E-state index is 0.306. The Morgan fingerprint density at radius 3 is 3.12 bits per heavy atom. The van der Waals surface area contributed by atoms with E-state index in [1.807, 2.05) is 11.8 Å². The number of nitrogens with one attached hydrogen (secondary N) is 1. The van der Waals surface area contributed by atoms with Gasteiger partial charge in [0, 0.05) is 38.8 Å². The highest BCUT2D eigenvalue weighted by Gasteiger charge is 2.35. The lowest BCUT2D eigenvalue weighted by molar-refractivity contribution is -0.130. The van der Waals surface area contributed by atoms with Gasteiger partial charge in [-0.05, 0) is 38.6 Å². The second-order valence-corrected chi connectivity index (χ2v) is 5.06. The number of carbonyl (C=O) groups excluding carboxylic acids is 1. The Bertz CT molecular complexity index is 244. The molecule has 2 atom stereocenters. The maximum absolute atomic E-state index is 12.0. The summed E-state index contributed by atoms with van der Waals surface area (Å²) in [6.07, 6.45) is 4.03. The van der Waals surface area contributed by atoms with Crippen LogP contribution in [0.4, 0.5) is 0 Å².